The zero-order valence-corrected chi connectivity index (χ0v) is 13.1. The smallest absolute Gasteiger partial charge is 0.224 e. The second kappa shape index (κ2) is 6.42. The molecular weight excluding hydrogens is 252 g/mol. The summed E-state index contributed by atoms with van der Waals surface area (Å²) in [6.07, 6.45) is 4.01. The van der Waals surface area contributed by atoms with Crippen molar-refractivity contribution in [2.24, 2.45) is 29.4 Å². The third-order valence-electron chi connectivity index (χ3n) is 3.94. The van der Waals surface area contributed by atoms with Crippen LogP contribution >= 0.6 is 0 Å². The fourth-order valence-electron chi connectivity index (χ4n) is 2.63. The normalized spacial score (nSPS) is 24.6. The van der Waals surface area contributed by atoms with Crippen molar-refractivity contribution in [1.29, 1.82) is 0 Å². The van der Waals surface area contributed by atoms with Gasteiger partial charge in [-0.15, -0.1) is 6.58 Å². The topological polar surface area (TPSA) is 72.2 Å². The van der Waals surface area contributed by atoms with Gasteiger partial charge in [-0.1, -0.05) is 13.0 Å². The van der Waals surface area contributed by atoms with Crippen molar-refractivity contribution in [3.05, 3.63) is 12.7 Å². The molecule has 4 heteroatoms. The molecule has 1 fully saturated rings. The minimum Gasteiger partial charge on any atom is -0.369 e. The summed E-state index contributed by atoms with van der Waals surface area (Å²) in [6.45, 7) is 11.7. The van der Waals surface area contributed by atoms with Gasteiger partial charge >= 0.3 is 0 Å². The SMILES string of the molecule is C=CC[C@H](C(N)=O)[C@@H](CC1CC1C)C(=O)NC(C)(C)C. The van der Waals surface area contributed by atoms with E-state index in [0.717, 1.165) is 12.8 Å². The minimum atomic E-state index is -0.456. The zero-order valence-electron chi connectivity index (χ0n) is 13.1. The van der Waals surface area contributed by atoms with Gasteiger partial charge in [0, 0.05) is 5.54 Å². The summed E-state index contributed by atoms with van der Waals surface area (Å²) in [6, 6.07) is 0. The molecule has 2 unspecified atom stereocenters. The predicted molar refractivity (Wildman–Crippen MR) is 80.8 cm³/mol. The van der Waals surface area contributed by atoms with Crippen molar-refractivity contribution < 1.29 is 9.59 Å². The Morgan fingerprint density at radius 2 is 1.95 bits per heavy atom. The fraction of sp³-hybridized carbons (Fsp3) is 0.750. The molecule has 0 radical (unpaired) electrons. The number of carbonyl (C=O) groups is 2. The third-order valence-corrected chi connectivity index (χ3v) is 3.94. The summed E-state index contributed by atoms with van der Waals surface area (Å²) in [7, 11) is 0. The lowest BCUT2D eigenvalue weighted by atomic mass is 9.83. The number of nitrogens with one attached hydrogen (secondary N) is 1. The maximum absolute atomic E-state index is 12.5. The number of amides is 2. The lowest BCUT2D eigenvalue weighted by Gasteiger charge is -2.28. The van der Waals surface area contributed by atoms with Gasteiger partial charge in [0.2, 0.25) is 11.8 Å². The number of hydrogen-bond acceptors (Lipinski definition) is 2. The average Bonchev–Trinajstić information content (AvgIpc) is 2.96. The maximum Gasteiger partial charge on any atom is 0.224 e. The molecule has 4 nitrogen and oxygen atoms in total. The summed E-state index contributed by atoms with van der Waals surface area (Å²) in [5, 5.41) is 2.98. The summed E-state index contributed by atoms with van der Waals surface area (Å²) in [4.78, 5) is 24.2. The molecule has 0 heterocycles. The van der Waals surface area contributed by atoms with Gasteiger partial charge in [-0.05, 0) is 51.9 Å². The monoisotopic (exact) mass is 280 g/mol. The largest absolute Gasteiger partial charge is 0.369 e. The van der Waals surface area contributed by atoms with Crippen molar-refractivity contribution in [1.82, 2.24) is 5.32 Å². The number of carbonyl (C=O) groups excluding carboxylic acids is 2. The predicted octanol–water partition coefficient (Wildman–Crippen LogP) is 2.24. The Morgan fingerprint density at radius 3 is 2.30 bits per heavy atom. The molecule has 2 amide bonds. The first-order valence-corrected chi connectivity index (χ1v) is 7.38. The zero-order chi connectivity index (χ0) is 15.5. The Labute approximate surface area is 122 Å². The Kier molecular flexibility index (Phi) is 5.37. The standard InChI is InChI=1S/C16H28N2O2/c1-6-7-12(14(17)19)13(9-11-8-10(11)2)15(20)18-16(3,4)5/h6,10-13H,1,7-9H2,2-5H3,(H2,17,19)(H,18,20)/t10?,11?,12-,13+/m0/s1. The van der Waals surface area contributed by atoms with Gasteiger partial charge in [0.1, 0.15) is 0 Å². The third kappa shape index (κ3) is 4.99. The van der Waals surface area contributed by atoms with Crippen molar-refractivity contribution in [3.63, 3.8) is 0 Å². The summed E-state index contributed by atoms with van der Waals surface area (Å²) < 4.78 is 0. The summed E-state index contributed by atoms with van der Waals surface area (Å²) in [5.41, 5.74) is 5.18. The average molecular weight is 280 g/mol. The lowest BCUT2D eigenvalue weighted by Crippen LogP contribution is -2.47. The molecule has 0 aromatic heterocycles. The van der Waals surface area contributed by atoms with Crippen molar-refractivity contribution in [2.45, 2.75) is 52.5 Å². The Morgan fingerprint density at radius 1 is 1.40 bits per heavy atom. The highest BCUT2D eigenvalue weighted by Crippen LogP contribution is 2.44. The van der Waals surface area contributed by atoms with Crippen LogP contribution in [0.3, 0.4) is 0 Å². The van der Waals surface area contributed by atoms with E-state index in [2.05, 4.69) is 18.8 Å². The van der Waals surface area contributed by atoms with E-state index in [1.807, 2.05) is 20.8 Å². The van der Waals surface area contributed by atoms with Crippen LogP contribution in [0.4, 0.5) is 0 Å². The van der Waals surface area contributed by atoms with Gasteiger partial charge < -0.3 is 11.1 Å². The van der Waals surface area contributed by atoms with Crippen LogP contribution in [0.25, 0.3) is 0 Å². The van der Waals surface area contributed by atoms with Gasteiger partial charge in [0.05, 0.1) is 11.8 Å². The molecule has 4 atom stereocenters. The van der Waals surface area contributed by atoms with E-state index in [1.165, 1.54) is 0 Å². The Bertz CT molecular complexity index is 384. The van der Waals surface area contributed by atoms with Gasteiger partial charge in [0.15, 0.2) is 0 Å². The number of rotatable bonds is 7. The van der Waals surface area contributed by atoms with E-state index < -0.39 is 11.8 Å². The molecule has 0 aromatic rings. The van der Waals surface area contributed by atoms with Gasteiger partial charge in [-0.25, -0.2) is 0 Å². The number of nitrogens with two attached hydrogens (primary N) is 1. The first kappa shape index (κ1) is 16.7. The molecule has 1 aliphatic carbocycles. The first-order valence-electron chi connectivity index (χ1n) is 7.38. The van der Waals surface area contributed by atoms with E-state index in [1.54, 1.807) is 6.08 Å². The van der Waals surface area contributed by atoms with Gasteiger partial charge in [-0.2, -0.15) is 0 Å². The second-order valence-corrected chi connectivity index (χ2v) is 7.09. The molecule has 3 N–H and O–H groups in total. The quantitative estimate of drug-likeness (QED) is 0.702. The molecule has 20 heavy (non-hydrogen) atoms. The van der Waals surface area contributed by atoms with Gasteiger partial charge in [0.25, 0.3) is 0 Å². The first-order chi connectivity index (χ1) is 9.15. The minimum absolute atomic E-state index is 0.0674. The van der Waals surface area contributed by atoms with E-state index in [0.29, 0.717) is 18.3 Å². The molecule has 1 aliphatic rings. The molecule has 0 aliphatic heterocycles. The summed E-state index contributed by atoms with van der Waals surface area (Å²) in [5.74, 6) is -0.0913. The fourth-order valence-corrected chi connectivity index (χ4v) is 2.63. The molecule has 0 spiro atoms. The van der Waals surface area contributed by atoms with Crippen molar-refractivity contribution in [3.8, 4) is 0 Å². The summed E-state index contributed by atoms with van der Waals surface area (Å²) >= 11 is 0. The van der Waals surface area contributed by atoms with Crippen molar-refractivity contribution in [2.75, 3.05) is 0 Å². The van der Waals surface area contributed by atoms with Crippen LogP contribution in [0.2, 0.25) is 0 Å². The number of hydrogen-bond donors (Lipinski definition) is 2. The molecule has 0 saturated heterocycles. The molecule has 0 aromatic carbocycles. The van der Waals surface area contributed by atoms with Crippen LogP contribution in [0, 0.1) is 23.7 Å². The van der Waals surface area contributed by atoms with E-state index in [-0.39, 0.29) is 17.4 Å². The van der Waals surface area contributed by atoms with Crippen LogP contribution in [-0.4, -0.2) is 17.4 Å². The molecule has 1 saturated carbocycles. The lowest BCUT2D eigenvalue weighted by molar-refractivity contribution is -0.134. The van der Waals surface area contributed by atoms with E-state index >= 15 is 0 Å². The van der Waals surface area contributed by atoms with Crippen LogP contribution in [-0.2, 0) is 9.59 Å². The number of allylic oxidation sites excluding steroid dienone is 1. The Balaban J connectivity index is 2.84. The van der Waals surface area contributed by atoms with E-state index in [9.17, 15) is 9.59 Å². The van der Waals surface area contributed by atoms with E-state index in [4.69, 9.17) is 5.73 Å². The highest BCUT2D eigenvalue weighted by Gasteiger charge is 2.41. The van der Waals surface area contributed by atoms with Crippen LogP contribution in [0.1, 0.15) is 47.0 Å². The van der Waals surface area contributed by atoms with Gasteiger partial charge in [-0.3, -0.25) is 9.59 Å². The second-order valence-electron chi connectivity index (χ2n) is 7.09. The highest BCUT2D eigenvalue weighted by molar-refractivity contribution is 5.87. The Hall–Kier alpha value is -1.32. The maximum atomic E-state index is 12.5. The number of primary amides is 1. The highest BCUT2D eigenvalue weighted by atomic mass is 16.2. The molecule has 1 rings (SSSR count). The molecule has 114 valence electrons. The van der Waals surface area contributed by atoms with Crippen LogP contribution in [0.5, 0.6) is 0 Å². The molecular formula is C16H28N2O2. The van der Waals surface area contributed by atoms with Crippen molar-refractivity contribution >= 4 is 11.8 Å². The molecule has 0 bridgehead atoms. The van der Waals surface area contributed by atoms with Crippen LogP contribution in [0.15, 0.2) is 12.7 Å². The van der Waals surface area contributed by atoms with Crippen LogP contribution < -0.4 is 11.1 Å².